The third-order valence-corrected chi connectivity index (χ3v) is 6.37. The molecule has 0 fully saturated rings. The van der Waals surface area contributed by atoms with Gasteiger partial charge in [0.15, 0.2) is 12.6 Å². The molecular weight excluding hydrogens is 548 g/mol. The van der Waals surface area contributed by atoms with Crippen LogP contribution in [0.5, 0.6) is 0 Å². The van der Waals surface area contributed by atoms with Crippen molar-refractivity contribution in [3.63, 3.8) is 0 Å². The van der Waals surface area contributed by atoms with Crippen LogP contribution in [0.2, 0.25) is 0 Å². The number of carboxylic acids is 1. The fraction of sp³-hybridized carbons (Fsp3) is 0.235. The summed E-state index contributed by atoms with van der Waals surface area (Å²) < 4.78 is 0. The van der Waals surface area contributed by atoms with E-state index in [2.05, 4.69) is 11.9 Å². The number of carboxylic acid groups (broad SMARTS) is 1. The van der Waals surface area contributed by atoms with Gasteiger partial charge in [-0.2, -0.15) is 0 Å². The number of aldehydes is 2. The summed E-state index contributed by atoms with van der Waals surface area (Å²) in [5.74, 6) is -1.74. The lowest BCUT2D eigenvalue weighted by molar-refractivity contribution is -0.132. The van der Waals surface area contributed by atoms with Crippen molar-refractivity contribution in [2.24, 2.45) is 0 Å². The van der Waals surface area contributed by atoms with Crippen molar-refractivity contribution in [1.82, 2.24) is 10.2 Å². The van der Waals surface area contributed by atoms with E-state index < -0.39 is 5.97 Å². The minimum Gasteiger partial charge on any atom is -0.478 e. The molecule has 1 aliphatic carbocycles. The first kappa shape index (κ1) is 35.8. The molecule has 0 spiro atoms. The molecule has 0 radical (unpaired) electrons. The molecule has 0 aromatic heterocycles. The number of fused-ring (bicyclic) bond motifs is 1. The molecule has 1 aliphatic rings. The summed E-state index contributed by atoms with van der Waals surface area (Å²) in [6, 6.07) is 10.7. The molecule has 1 atom stereocenters. The summed E-state index contributed by atoms with van der Waals surface area (Å²) in [6.45, 7) is 9.35. The summed E-state index contributed by atoms with van der Waals surface area (Å²) in [5.41, 5.74) is 1.84. The van der Waals surface area contributed by atoms with E-state index in [-0.39, 0.29) is 35.4 Å². The summed E-state index contributed by atoms with van der Waals surface area (Å²) in [7, 11) is 1.63. The second-order valence-electron chi connectivity index (χ2n) is 9.10. The molecule has 3 amide bonds. The molecule has 3 rings (SSSR count). The zero-order valence-electron chi connectivity index (χ0n) is 24.9. The Hall–Kier alpha value is -5.18. The summed E-state index contributed by atoms with van der Waals surface area (Å²) in [6.07, 6.45) is 12.8. The first-order valence-electron chi connectivity index (χ1n) is 13.7. The maximum absolute atomic E-state index is 12.8. The van der Waals surface area contributed by atoms with Crippen LogP contribution in [0.15, 0.2) is 96.2 Å². The Morgan fingerprint density at radius 1 is 1.05 bits per heavy atom. The highest BCUT2D eigenvalue weighted by Gasteiger charge is 2.21. The van der Waals surface area contributed by atoms with Crippen LogP contribution in [-0.4, -0.2) is 59.9 Å². The highest BCUT2D eigenvalue weighted by Crippen LogP contribution is 2.22. The first-order chi connectivity index (χ1) is 20.7. The van der Waals surface area contributed by atoms with Crippen LogP contribution in [0.1, 0.15) is 60.7 Å². The van der Waals surface area contributed by atoms with Crippen LogP contribution < -0.4 is 5.32 Å². The lowest BCUT2D eigenvalue weighted by Crippen LogP contribution is -2.36. The van der Waals surface area contributed by atoms with Gasteiger partial charge in [-0.25, -0.2) is 4.79 Å². The number of hydrogen-bond acceptors (Lipinski definition) is 6. The van der Waals surface area contributed by atoms with E-state index in [1.165, 1.54) is 4.90 Å². The SMILES string of the molecule is C=C/C=C\C=C1\C=C(C=O)C(C(=O)O)=CC1.CC.CC(CCC(=O)NC=O)N(C)C(=O)c1cc2ccccc2cc1C=O. The van der Waals surface area contributed by atoms with E-state index in [1.54, 1.807) is 49.6 Å². The maximum atomic E-state index is 12.8. The van der Waals surface area contributed by atoms with Crippen molar-refractivity contribution in [3.05, 3.63) is 107 Å². The van der Waals surface area contributed by atoms with Crippen LogP contribution in [-0.2, 0) is 19.2 Å². The van der Waals surface area contributed by atoms with Crippen LogP contribution >= 0.6 is 0 Å². The van der Waals surface area contributed by atoms with Gasteiger partial charge in [-0.3, -0.25) is 29.3 Å². The van der Waals surface area contributed by atoms with Crippen LogP contribution in [0.4, 0.5) is 0 Å². The first-order valence-corrected chi connectivity index (χ1v) is 13.7. The van der Waals surface area contributed by atoms with Gasteiger partial charge in [-0.15, -0.1) is 0 Å². The third-order valence-electron chi connectivity index (χ3n) is 6.37. The summed E-state index contributed by atoms with van der Waals surface area (Å²) in [5, 5.41) is 12.7. The van der Waals surface area contributed by atoms with Crippen molar-refractivity contribution in [1.29, 1.82) is 0 Å². The third kappa shape index (κ3) is 11.0. The van der Waals surface area contributed by atoms with E-state index in [9.17, 15) is 28.8 Å². The lowest BCUT2D eigenvalue weighted by Gasteiger charge is -2.25. The van der Waals surface area contributed by atoms with Crippen LogP contribution in [0.25, 0.3) is 10.8 Å². The number of hydrogen-bond donors (Lipinski definition) is 2. The minimum absolute atomic E-state index is 0.0693. The average molecular weight is 587 g/mol. The molecule has 43 heavy (non-hydrogen) atoms. The Morgan fingerprint density at radius 2 is 1.70 bits per heavy atom. The monoisotopic (exact) mass is 586 g/mol. The molecule has 0 saturated heterocycles. The molecule has 9 heteroatoms. The van der Waals surface area contributed by atoms with Crippen molar-refractivity contribution >= 4 is 47.5 Å². The predicted octanol–water partition coefficient (Wildman–Crippen LogP) is 5.39. The largest absolute Gasteiger partial charge is 0.478 e. The van der Waals surface area contributed by atoms with E-state index in [1.807, 2.05) is 51.1 Å². The van der Waals surface area contributed by atoms with Gasteiger partial charge in [-0.05, 0) is 54.3 Å². The second kappa shape index (κ2) is 19.0. The number of imide groups is 1. The number of amides is 3. The molecule has 0 heterocycles. The Balaban J connectivity index is 0.000000443. The predicted molar refractivity (Wildman–Crippen MR) is 168 cm³/mol. The van der Waals surface area contributed by atoms with Crippen molar-refractivity contribution < 1.29 is 33.9 Å². The molecule has 0 bridgehead atoms. The number of nitrogens with one attached hydrogen (secondary N) is 1. The van der Waals surface area contributed by atoms with E-state index in [4.69, 9.17) is 5.11 Å². The molecule has 226 valence electrons. The molecule has 2 aromatic carbocycles. The zero-order chi connectivity index (χ0) is 32.4. The molecule has 1 unspecified atom stereocenters. The number of aliphatic carboxylic acids is 1. The smallest absolute Gasteiger partial charge is 0.336 e. The van der Waals surface area contributed by atoms with Gasteiger partial charge >= 0.3 is 5.97 Å². The molecular formula is C34H38N2O7. The molecule has 0 saturated carbocycles. The Bertz CT molecular complexity index is 1460. The molecule has 2 aromatic rings. The van der Waals surface area contributed by atoms with Crippen molar-refractivity contribution in [2.75, 3.05) is 7.05 Å². The topological polar surface area (TPSA) is 138 Å². The molecule has 0 aliphatic heterocycles. The van der Waals surface area contributed by atoms with Gasteiger partial charge in [0.2, 0.25) is 12.3 Å². The van der Waals surface area contributed by atoms with E-state index >= 15 is 0 Å². The van der Waals surface area contributed by atoms with Crippen molar-refractivity contribution in [3.8, 4) is 0 Å². The number of benzene rings is 2. The van der Waals surface area contributed by atoms with Gasteiger partial charge in [0.25, 0.3) is 5.91 Å². The van der Waals surface area contributed by atoms with Gasteiger partial charge in [0.1, 0.15) is 0 Å². The Morgan fingerprint density at radius 3 is 2.26 bits per heavy atom. The normalized spacial score (nSPS) is 13.6. The van der Waals surface area contributed by atoms with Crippen molar-refractivity contribution in [2.45, 2.75) is 46.1 Å². The highest BCUT2D eigenvalue weighted by atomic mass is 16.4. The van der Waals surface area contributed by atoms with Gasteiger partial charge in [-0.1, -0.05) is 75.1 Å². The second-order valence-corrected chi connectivity index (χ2v) is 9.10. The van der Waals surface area contributed by atoms with E-state index in [0.717, 1.165) is 16.3 Å². The molecule has 9 nitrogen and oxygen atoms in total. The quantitative estimate of drug-likeness (QED) is 0.266. The fourth-order valence-corrected chi connectivity index (χ4v) is 3.96. The number of carbonyl (C=O) groups is 6. The Labute approximate surface area is 252 Å². The molecule has 2 N–H and O–H groups in total. The fourth-order valence-electron chi connectivity index (χ4n) is 3.96. The van der Waals surface area contributed by atoms with Gasteiger partial charge in [0, 0.05) is 30.6 Å². The van der Waals surface area contributed by atoms with Crippen LogP contribution in [0.3, 0.4) is 0 Å². The minimum atomic E-state index is -1.07. The zero-order valence-corrected chi connectivity index (χ0v) is 24.9. The average Bonchev–Trinajstić information content (AvgIpc) is 3.03. The number of carbonyl (C=O) groups excluding carboxylic acids is 5. The van der Waals surface area contributed by atoms with Crippen LogP contribution in [0, 0.1) is 0 Å². The standard InChI is InChI=1S/C19H20N2O4.C13H12O3.C2H6/c1-13(7-8-18(24)20-12-23)21(2)19(25)17-10-15-6-4-3-5-14(15)9-16(17)11-22;1-2-3-4-5-10-6-7-12(13(15)16)11(8-10)9-14;1-2/h3-6,9-13H,7-8H2,1-2H3,(H,20,23,24);2-5,7-9H,1,6H2,(H,15,16);1-2H3/b;4-3-,10-5+;. The maximum Gasteiger partial charge on any atom is 0.336 e. The number of rotatable bonds is 11. The van der Waals surface area contributed by atoms with Gasteiger partial charge in [0.05, 0.1) is 11.1 Å². The number of nitrogens with zero attached hydrogens (tertiary/aromatic N) is 1. The lowest BCUT2D eigenvalue weighted by atomic mass is 9.95. The van der Waals surface area contributed by atoms with E-state index in [0.29, 0.717) is 43.0 Å². The highest BCUT2D eigenvalue weighted by molar-refractivity contribution is 6.06. The number of allylic oxidation sites excluding steroid dienone is 7. The summed E-state index contributed by atoms with van der Waals surface area (Å²) >= 11 is 0. The Kier molecular flexibility index (Phi) is 15.9. The van der Waals surface area contributed by atoms with Gasteiger partial charge < -0.3 is 10.0 Å². The summed E-state index contributed by atoms with van der Waals surface area (Å²) in [4.78, 5) is 68.8.